The van der Waals surface area contributed by atoms with Crippen LogP contribution in [0.4, 0.5) is 0 Å². The van der Waals surface area contributed by atoms with E-state index in [-0.39, 0.29) is 31.1 Å². The van der Waals surface area contributed by atoms with E-state index in [0.29, 0.717) is 11.3 Å². The van der Waals surface area contributed by atoms with E-state index in [1.54, 1.807) is 24.3 Å². The van der Waals surface area contributed by atoms with Gasteiger partial charge in [0.05, 0.1) is 12.6 Å². The number of hydrogen-bond donors (Lipinski definition) is 3. The van der Waals surface area contributed by atoms with Gasteiger partial charge in [0.25, 0.3) is 11.8 Å². The van der Waals surface area contributed by atoms with Crippen LogP contribution in [-0.2, 0) is 4.79 Å². The van der Waals surface area contributed by atoms with Crippen molar-refractivity contribution in [3.63, 3.8) is 0 Å². The van der Waals surface area contributed by atoms with E-state index < -0.39 is 5.91 Å². The Kier molecular flexibility index (Phi) is 5.99. The van der Waals surface area contributed by atoms with Crippen molar-refractivity contribution in [1.82, 2.24) is 5.32 Å². The molecule has 0 bridgehead atoms. The Bertz CT molecular complexity index is 457. The van der Waals surface area contributed by atoms with Crippen molar-refractivity contribution in [2.75, 3.05) is 13.2 Å². The third-order valence-corrected chi connectivity index (χ3v) is 2.82. The summed E-state index contributed by atoms with van der Waals surface area (Å²) in [4.78, 5) is 22.5. The summed E-state index contributed by atoms with van der Waals surface area (Å²) in [5.41, 5.74) is 5.42. The number of aliphatic hydroxyl groups excluding tert-OH is 1. The molecule has 6 heteroatoms. The number of rotatable bonds is 7. The number of carbonyl (C=O) groups excluding carboxylic acids is 2. The number of nitrogens with two attached hydrogens (primary N) is 1. The highest BCUT2D eigenvalue weighted by Crippen LogP contribution is 2.12. The molecule has 0 heterocycles. The van der Waals surface area contributed by atoms with Gasteiger partial charge in [0.15, 0.2) is 6.61 Å². The van der Waals surface area contributed by atoms with Gasteiger partial charge >= 0.3 is 0 Å². The molecular formula is C14H20N2O4. The lowest BCUT2D eigenvalue weighted by Crippen LogP contribution is -2.41. The van der Waals surface area contributed by atoms with Crippen LogP contribution in [0.15, 0.2) is 24.3 Å². The van der Waals surface area contributed by atoms with E-state index in [9.17, 15) is 14.7 Å². The molecule has 1 aromatic rings. The molecule has 4 N–H and O–H groups in total. The number of benzene rings is 1. The first kappa shape index (κ1) is 16.0. The standard InChI is InChI=1S/C14H20N2O4/c1-9(2)12(7-17)16-14(19)10-3-5-11(6-4-10)20-8-13(15)18/h3-6,9,12,17H,7-8H2,1-2H3,(H2,15,18)(H,16,19)/t12-/m1/s1. The number of ether oxygens (including phenoxy) is 1. The second-order valence-corrected chi connectivity index (χ2v) is 4.79. The highest BCUT2D eigenvalue weighted by molar-refractivity contribution is 5.94. The van der Waals surface area contributed by atoms with Gasteiger partial charge in [-0.2, -0.15) is 0 Å². The maximum absolute atomic E-state index is 12.0. The maximum atomic E-state index is 12.0. The van der Waals surface area contributed by atoms with Crippen LogP contribution < -0.4 is 15.8 Å². The third-order valence-electron chi connectivity index (χ3n) is 2.82. The summed E-state index contributed by atoms with van der Waals surface area (Å²) in [6.45, 7) is 3.53. The van der Waals surface area contributed by atoms with Crippen LogP contribution in [0.2, 0.25) is 0 Å². The quantitative estimate of drug-likeness (QED) is 0.668. The van der Waals surface area contributed by atoms with Gasteiger partial charge in [-0.1, -0.05) is 13.8 Å². The van der Waals surface area contributed by atoms with E-state index >= 15 is 0 Å². The van der Waals surface area contributed by atoms with E-state index in [4.69, 9.17) is 10.5 Å². The molecule has 110 valence electrons. The molecule has 0 spiro atoms. The predicted octanol–water partition coefficient (Wildman–Crippen LogP) is 0.297. The third kappa shape index (κ3) is 4.89. The fourth-order valence-corrected chi connectivity index (χ4v) is 1.53. The summed E-state index contributed by atoms with van der Waals surface area (Å²) in [6, 6.07) is 6.05. The Morgan fingerprint density at radius 1 is 1.30 bits per heavy atom. The van der Waals surface area contributed by atoms with Crippen LogP contribution in [0.5, 0.6) is 5.75 Å². The summed E-state index contributed by atoms with van der Waals surface area (Å²) in [6.07, 6.45) is 0. The smallest absolute Gasteiger partial charge is 0.255 e. The zero-order valence-electron chi connectivity index (χ0n) is 11.6. The molecule has 20 heavy (non-hydrogen) atoms. The molecule has 0 saturated carbocycles. The van der Waals surface area contributed by atoms with Crippen LogP contribution in [0, 0.1) is 5.92 Å². The molecule has 2 amide bonds. The van der Waals surface area contributed by atoms with Crippen LogP contribution in [0.1, 0.15) is 24.2 Å². The van der Waals surface area contributed by atoms with Gasteiger partial charge in [-0.3, -0.25) is 9.59 Å². The minimum Gasteiger partial charge on any atom is -0.484 e. The Hall–Kier alpha value is -2.08. The van der Waals surface area contributed by atoms with Gasteiger partial charge in [-0.15, -0.1) is 0 Å². The number of aliphatic hydroxyl groups is 1. The van der Waals surface area contributed by atoms with Crippen molar-refractivity contribution in [1.29, 1.82) is 0 Å². The van der Waals surface area contributed by atoms with Crippen molar-refractivity contribution in [3.8, 4) is 5.75 Å². The number of primary amides is 1. The molecule has 6 nitrogen and oxygen atoms in total. The van der Waals surface area contributed by atoms with Gasteiger partial charge < -0.3 is 20.9 Å². The largest absolute Gasteiger partial charge is 0.484 e. The molecule has 0 radical (unpaired) electrons. The SMILES string of the molecule is CC(C)[C@@H](CO)NC(=O)c1ccc(OCC(N)=O)cc1. The lowest BCUT2D eigenvalue weighted by atomic mass is 10.0. The van der Waals surface area contributed by atoms with Crippen LogP contribution in [0.25, 0.3) is 0 Å². The molecule has 0 unspecified atom stereocenters. The molecular weight excluding hydrogens is 260 g/mol. The zero-order chi connectivity index (χ0) is 15.1. The number of nitrogens with one attached hydrogen (secondary N) is 1. The van der Waals surface area contributed by atoms with E-state index in [2.05, 4.69) is 5.32 Å². The molecule has 1 rings (SSSR count). The monoisotopic (exact) mass is 280 g/mol. The van der Waals surface area contributed by atoms with Crippen molar-refractivity contribution >= 4 is 11.8 Å². The van der Waals surface area contributed by atoms with Gasteiger partial charge in [0.1, 0.15) is 5.75 Å². The Morgan fingerprint density at radius 2 is 1.90 bits per heavy atom. The summed E-state index contributed by atoms with van der Waals surface area (Å²) in [5.74, 6) is -0.223. The second kappa shape index (κ2) is 7.49. The normalized spacial score (nSPS) is 12.0. The van der Waals surface area contributed by atoms with Crippen LogP contribution >= 0.6 is 0 Å². The molecule has 0 aliphatic heterocycles. The van der Waals surface area contributed by atoms with Gasteiger partial charge in [0, 0.05) is 5.56 Å². The maximum Gasteiger partial charge on any atom is 0.255 e. The number of carbonyl (C=O) groups is 2. The second-order valence-electron chi connectivity index (χ2n) is 4.79. The molecule has 1 aromatic carbocycles. The summed E-state index contributed by atoms with van der Waals surface area (Å²) in [5, 5.41) is 11.9. The van der Waals surface area contributed by atoms with E-state index in [0.717, 1.165) is 0 Å². The van der Waals surface area contributed by atoms with Crippen LogP contribution in [0.3, 0.4) is 0 Å². The topological polar surface area (TPSA) is 102 Å². The first-order valence-electron chi connectivity index (χ1n) is 6.37. The average Bonchev–Trinajstić information content (AvgIpc) is 2.42. The Labute approximate surface area is 117 Å². The molecule has 0 saturated heterocycles. The molecule has 1 atom stereocenters. The van der Waals surface area contributed by atoms with Gasteiger partial charge in [-0.05, 0) is 30.2 Å². The fourth-order valence-electron chi connectivity index (χ4n) is 1.53. The summed E-state index contributed by atoms with van der Waals surface area (Å²) >= 11 is 0. The van der Waals surface area contributed by atoms with E-state index in [1.165, 1.54) is 0 Å². The first-order valence-corrected chi connectivity index (χ1v) is 6.37. The van der Waals surface area contributed by atoms with Gasteiger partial charge in [0.2, 0.25) is 0 Å². The summed E-state index contributed by atoms with van der Waals surface area (Å²) < 4.78 is 5.10. The number of hydrogen-bond acceptors (Lipinski definition) is 4. The Balaban J connectivity index is 2.63. The van der Waals surface area contributed by atoms with Gasteiger partial charge in [-0.25, -0.2) is 0 Å². The molecule has 0 aliphatic rings. The van der Waals surface area contributed by atoms with Crippen molar-refractivity contribution in [3.05, 3.63) is 29.8 Å². The predicted molar refractivity (Wildman–Crippen MR) is 74.3 cm³/mol. The lowest BCUT2D eigenvalue weighted by molar-refractivity contribution is -0.119. The average molecular weight is 280 g/mol. The first-order chi connectivity index (χ1) is 9.43. The van der Waals surface area contributed by atoms with E-state index in [1.807, 2.05) is 13.8 Å². The minimum atomic E-state index is -0.561. The highest BCUT2D eigenvalue weighted by Gasteiger charge is 2.16. The Morgan fingerprint density at radius 3 is 2.35 bits per heavy atom. The zero-order valence-corrected chi connectivity index (χ0v) is 11.6. The lowest BCUT2D eigenvalue weighted by Gasteiger charge is -2.19. The highest BCUT2D eigenvalue weighted by atomic mass is 16.5. The minimum absolute atomic E-state index is 0.108. The molecule has 0 aromatic heterocycles. The summed E-state index contributed by atoms with van der Waals surface area (Å²) in [7, 11) is 0. The number of amides is 2. The molecule has 0 aliphatic carbocycles. The van der Waals surface area contributed by atoms with Crippen molar-refractivity contribution in [2.45, 2.75) is 19.9 Å². The molecule has 0 fully saturated rings. The fraction of sp³-hybridized carbons (Fsp3) is 0.429. The van der Waals surface area contributed by atoms with Crippen LogP contribution in [-0.4, -0.2) is 36.2 Å². The van der Waals surface area contributed by atoms with Crippen molar-refractivity contribution in [2.24, 2.45) is 11.7 Å². The van der Waals surface area contributed by atoms with Crippen molar-refractivity contribution < 1.29 is 19.4 Å².